The van der Waals surface area contributed by atoms with Crippen molar-refractivity contribution < 1.29 is 9.16 Å². The third-order valence-corrected chi connectivity index (χ3v) is 10.4. The van der Waals surface area contributed by atoms with E-state index in [1.54, 1.807) is 7.11 Å². The molecule has 1 aromatic rings. The van der Waals surface area contributed by atoms with E-state index >= 15 is 0 Å². The molecule has 1 atom stereocenters. The number of nitrogens with zero attached hydrogens (tertiary/aromatic N) is 1. The lowest BCUT2D eigenvalue weighted by atomic mass is 9.84. The van der Waals surface area contributed by atoms with Crippen LogP contribution in [-0.4, -0.2) is 20.4 Å². The highest BCUT2D eigenvalue weighted by Crippen LogP contribution is 2.47. The third-order valence-electron chi connectivity index (χ3n) is 5.12. The predicted molar refractivity (Wildman–Crippen MR) is 108 cm³/mol. The number of rotatable bonds is 6. The minimum absolute atomic E-state index is 0.111. The average molecular weight is 414 g/mol. The molecule has 1 unspecified atom stereocenters. The molecule has 0 N–H and O–H groups in total. The highest BCUT2D eigenvalue weighted by Gasteiger charge is 2.44. The van der Waals surface area contributed by atoms with E-state index in [4.69, 9.17) is 9.16 Å². The van der Waals surface area contributed by atoms with E-state index in [1.807, 2.05) is 19.2 Å². The number of methoxy groups -OCH3 is 1. The number of ether oxygens (including phenoxy) is 1. The molecule has 0 saturated heterocycles. The van der Waals surface area contributed by atoms with Crippen LogP contribution in [0.25, 0.3) is 0 Å². The van der Waals surface area contributed by atoms with Gasteiger partial charge in [-0.05, 0) is 41.0 Å². The molecule has 0 radical (unpaired) electrons. The van der Waals surface area contributed by atoms with Gasteiger partial charge in [-0.3, -0.25) is 4.98 Å². The normalized spacial score (nSPS) is 14.4. The van der Waals surface area contributed by atoms with Gasteiger partial charge in [0, 0.05) is 21.6 Å². The summed E-state index contributed by atoms with van der Waals surface area (Å²) in [6.45, 7) is 21.6. The maximum Gasteiger partial charge on any atom is 0.193 e. The first-order valence-corrected chi connectivity index (χ1v) is 12.0. The van der Waals surface area contributed by atoms with Crippen LogP contribution in [0.5, 0.6) is 5.75 Å². The molecular formula is C19H32BrNO2Si. The Morgan fingerprint density at radius 2 is 1.79 bits per heavy atom. The van der Waals surface area contributed by atoms with Gasteiger partial charge in [0.2, 0.25) is 0 Å². The molecule has 0 amide bonds. The van der Waals surface area contributed by atoms with Gasteiger partial charge < -0.3 is 9.16 Å². The summed E-state index contributed by atoms with van der Waals surface area (Å²) in [5, 5.41) is 0.111. The molecule has 0 aliphatic carbocycles. The fourth-order valence-corrected chi connectivity index (χ4v) is 3.81. The summed E-state index contributed by atoms with van der Waals surface area (Å²) in [6, 6.07) is 0. The minimum Gasteiger partial charge on any atom is -0.494 e. The zero-order chi connectivity index (χ0) is 18.9. The van der Waals surface area contributed by atoms with Gasteiger partial charge in [-0.1, -0.05) is 40.7 Å². The van der Waals surface area contributed by atoms with Crippen LogP contribution >= 0.6 is 15.9 Å². The molecule has 1 aromatic heterocycles. The first-order valence-electron chi connectivity index (χ1n) is 8.29. The van der Waals surface area contributed by atoms with E-state index in [0.29, 0.717) is 0 Å². The predicted octanol–water partition coefficient (Wildman–Crippen LogP) is 6.44. The number of aromatic nitrogens is 1. The van der Waals surface area contributed by atoms with Crippen LogP contribution in [0, 0.1) is 12.3 Å². The van der Waals surface area contributed by atoms with Crippen LogP contribution in [0.1, 0.15) is 52.0 Å². The summed E-state index contributed by atoms with van der Waals surface area (Å²) >= 11 is 3.54. The SMILES string of the molecule is C=CC(C)(C)C(O[Si](C)(C)C(C)(C)C)c1ncc(Br)c(C)c1OC. The number of hydrogen-bond acceptors (Lipinski definition) is 3. The third kappa shape index (κ3) is 4.30. The standard InChI is InChI=1S/C19H32BrNO2Si/c1-11-19(6,7)17(23-24(9,10)18(3,4)5)15-16(22-8)13(2)14(20)12-21-15/h11-12,17H,1H2,2-10H3. The van der Waals surface area contributed by atoms with E-state index in [9.17, 15) is 0 Å². The molecule has 1 rings (SSSR count). The van der Waals surface area contributed by atoms with Gasteiger partial charge in [-0.15, -0.1) is 6.58 Å². The fraction of sp³-hybridized carbons (Fsp3) is 0.632. The van der Waals surface area contributed by atoms with Crippen LogP contribution in [0.15, 0.2) is 23.3 Å². The number of halogens is 1. The van der Waals surface area contributed by atoms with Crippen molar-refractivity contribution in [1.29, 1.82) is 0 Å². The Kier molecular flexibility index (Phi) is 6.51. The van der Waals surface area contributed by atoms with Crippen molar-refractivity contribution in [3.05, 3.63) is 34.6 Å². The summed E-state index contributed by atoms with van der Waals surface area (Å²) in [6.07, 6.45) is 3.56. The van der Waals surface area contributed by atoms with E-state index in [1.165, 1.54) is 0 Å². The van der Waals surface area contributed by atoms with E-state index in [0.717, 1.165) is 21.5 Å². The Morgan fingerprint density at radius 3 is 2.21 bits per heavy atom. The van der Waals surface area contributed by atoms with Crippen LogP contribution in [0.2, 0.25) is 18.1 Å². The molecule has 0 fully saturated rings. The molecule has 5 heteroatoms. The lowest BCUT2D eigenvalue weighted by Crippen LogP contribution is -2.44. The molecule has 3 nitrogen and oxygen atoms in total. The van der Waals surface area contributed by atoms with Crippen LogP contribution in [0.4, 0.5) is 0 Å². The van der Waals surface area contributed by atoms with E-state index < -0.39 is 8.32 Å². The zero-order valence-electron chi connectivity index (χ0n) is 16.6. The van der Waals surface area contributed by atoms with Crippen molar-refractivity contribution in [3.63, 3.8) is 0 Å². The van der Waals surface area contributed by atoms with Crippen molar-refractivity contribution in [2.24, 2.45) is 5.41 Å². The number of hydrogen-bond donors (Lipinski definition) is 0. The molecule has 0 aliphatic rings. The van der Waals surface area contributed by atoms with Crippen molar-refractivity contribution in [1.82, 2.24) is 4.98 Å². The Balaban J connectivity index is 3.53. The molecule has 0 bridgehead atoms. The summed E-state index contributed by atoms with van der Waals surface area (Å²) < 4.78 is 13.4. The van der Waals surface area contributed by atoms with Gasteiger partial charge >= 0.3 is 0 Å². The van der Waals surface area contributed by atoms with E-state index in [-0.39, 0.29) is 16.6 Å². The molecule has 0 saturated carbocycles. The maximum absolute atomic E-state index is 6.79. The van der Waals surface area contributed by atoms with Crippen LogP contribution < -0.4 is 4.74 Å². The van der Waals surface area contributed by atoms with Gasteiger partial charge in [0.15, 0.2) is 8.32 Å². The highest BCUT2D eigenvalue weighted by molar-refractivity contribution is 9.10. The molecule has 0 aromatic carbocycles. The summed E-state index contributed by atoms with van der Waals surface area (Å²) in [7, 11) is -0.314. The lowest BCUT2D eigenvalue weighted by Gasteiger charge is -2.43. The van der Waals surface area contributed by atoms with Gasteiger partial charge in [0.1, 0.15) is 11.4 Å². The van der Waals surface area contributed by atoms with Crippen molar-refractivity contribution >= 4 is 24.2 Å². The van der Waals surface area contributed by atoms with Gasteiger partial charge in [0.25, 0.3) is 0 Å². The maximum atomic E-state index is 6.79. The highest BCUT2D eigenvalue weighted by atomic mass is 79.9. The number of pyridine rings is 1. The summed E-state index contributed by atoms with van der Waals surface area (Å²) in [5.41, 5.74) is 1.61. The molecule has 0 aliphatic heterocycles. The Morgan fingerprint density at radius 1 is 1.25 bits per heavy atom. The summed E-state index contributed by atoms with van der Waals surface area (Å²) in [5.74, 6) is 0.781. The molecule has 24 heavy (non-hydrogen) atoms. The second-order valence-electron chi connectivity index (χ2n) is 8.43. The van der Waals surface area contributed by atoms with Gasteiger partial charge in [-0.2, -0.15) is 0 Å². The first kappa shape index (κ1) is 21.4. The Labute approximate surface area is 157 Å². The largest absolute Gasteiger partial charge is 0.494 e. The second kappa shape index (κ2) is 7.30. The quantitative estimate of drug-likeness (QED) is 0.397. The smallest absolute Gasteiger partial charge is 0.193 e. The van der Waals surface area contributed by atoms with Crippen LogP contribution in [0.3, 0.4) is 0 Å². The van der Waals surface area contributed by atoms with E-state index in [2.05, 4.69) is 75.2 Å². The molecule has 136 valence electrons. The Bertz CT molecular complexity index is 606. The fourth-order valence-electron chi connectivity index (χ4n) is 2.17. The minimum atomic E-state index is -2.00. The molecular weight excluding hydrogens is 382 g/mol. The first-order chi connectivity index (χ1) is 10.8. The average Bonchev–Trinajstić information content (AvgIpc) is 2.46. The second-order valence-corrected chi connectivity index (χ2v) is 14.0. The van der Waals surface area contributed by atoms with Gasteiger partial charge in [0.05, 0.1) is 13.2 Å². The van der Waals surface area contributed by atoms with Crippen LogP contribution in [-0.2, 0) is 4.43 Å². The van der Waals surface area contributed by atoms with Crippen molar-refractivity contribution in [2.75, 3.05) is 7.11 Å². The summed E-state index contributed by atoms with van der Waals surface area (Å²) in [4.78, 5) is 4.67. The lowest BCUT2D eigenvalue weighted by molar-refractivity contribution is 0.0851. The Hall–Kier alpha value is -0.653. The van der Waals surface area contributed by atoms with Gasteiger partial charge in [-0.25, -0.2) is 0 Å². The zero-order valence-corrected chi connectivity index (χ0v) is 19.2. The molecule has 1 heterocycles. The topological polar surface area (TPSA) is 31.4 Å². The van der Waals surface area contributed by atoms with Crippen molar-refractivity contribution in [3.8, 4) is 5.75 Å². The monoisotopic (exact) mass is 413 g/mol. The van der Waals surface area contributed by atoms with Crippen molar-refractivity contribution in [2.45, 2.75) is 65.8 Å². The molecule has 0 spiro atoms.